The molecular formula is C21H24N8. The number of piperidine rings is 1. The number of rotatable bonds is 4. The third-order valence-electron chi connectivity index (χ3n) is 5.46. The first kappa shape index (κ1) is 17.8. The summed E-state index contributed by atoms with van der Waals surface area (Å²) in [6, 6.07) is 8.33. The van der Waals surface area contributed by atoms with Gasteiger partial charge in [-0.2, -0.15) is 10.2 Å². The molecule has 0 aromatic carbocycles. The summed E-state index contributed by atoms with van der Waals surface area (Å²) < 4.78 is 1.89. The van der Waals surface area contributed by atoms with Gasteiger partial charge in [-0.25, -0.2) is 4.98 Å². The second kappa shape index (κ2) is 7.29. The SMILES string of the molecule is CCn1cc(-c2cc3c(-c4cccc(N5CCC[C@@H](N)C5)n4)n[nH]c3cn2)cn1. The first-order valence-corrected chi connectivity index (χ1v) is 10.1. The van der Waals surface area contributed by atoms with Crippen LogP contribution in [0, 0.1) is 0 Å². The van der Waals surface area contributed by atoms with Crippen LogP contribution in [0.2, 0.25) is 0 Å². The van der Waals surface area contributed by atoms with Crippen molar-refractivity contribution < 1.29 is 0 Å². The van der Waals surface area contributed by atoms with Crippen molar-refractivity contribution in [1.29, 1.82) is 0 Å². The van der Waals surface area contributed by atoms with Crippen LogP contribution in [0.1, 0.15) is 19.8 Å². The molecular weight excluding hydrogens is 364 g/mol. The lowest BCUT2D eigenvalue weighted by atomic mass is 10.1. The average molecular weight is 388 g/mol. The topological polar surface area (TPSA) is 102 Å². The lowest BCUT2D eigenvalue weighted by Crippen LogP contribution is -2.43. The first-order chi connectivity index (χ1) is 14.2. The fourth-order valence-electron chi connectivity index (χ4n) is 3.89. The second-order valence-corrected chi connectivity index (χ2v) is 7.50. The summed E-state index contributed by atoms with van der Waals surface area (Å²) in [4.78, 5) is 11.7. The monoisotopic (exact) mass is 388 g/mol. The molecule has 0 bridgehead atoms. The Bertz CT molecular complexity index is 1140. The van der Waals surface area contributed by atoms with Crippen molar-refractivity contribution in [1.82, 2.24) is 29.9 Å². The number of fused-ring (bicyclic) bond motifs is 1. The molecule has 0 spiro atoms. The summed E-state index contributed by atoms with van der Waals surface area (Å²) in [5.74, 6) is 0.951. The van der Waals surface area contributed by atoms with E-state index in [2.05, 4.69) is 38.2 Å². The predicted octanol–water partition coefficient (Wildman–Crippen LogP) is 2.83. The molecule has 4 aromatic heterocycles. The molecule has 1 aliphatic rings. The molecule has 5 rings (SSSR count). The standard InChI is InChI=1S/C21H24N8/c1-2-29-12-14(10-24-29)18-9-16-19(11-23-18)26-27-21(16)17-6-3-7-20(25-17)28-8-4-5-15(22)13-28/h3,6-7,9-12,15H,2,4-5,8,13,22H2,1H3,(H,26,27)/t15-/m1/s1. The molecule has 0 unspecified atom stereocenters. The van der Waals surface area contributed by atoms with Crippen molar-refractivity contribution in [3.63, 3.8) is 0 Å². The van der Waals surface area contributed by atoms with Crippen molar-refractivity contribution in [3.05, 3.63) is 42.9 Å². The molecule has 1 atom stereocenters. The number of H-pyrrole nitrogens is 1. The molecule has 4 aromatic rings. The number of aromatic nitrogens is 6. The zero-order valence-corrected chi connectivity index (χ0v) is 16.4. The quantitative estimate of drug-likeness (QED) is 0.557. The molecule has 0 aliphatic carbocycles. The Morgan fingerprint density at radius 1 is 1.24 bits per heavy atom. The first-order valence-electron chi connectivity index (χ1n) is 10.1. The molecule has 8 heteroatoms. The Morgan fingerprint density at radius 3 is 3.00 bits per heavy atom. The predicted molar refractivity (Wildman–Crippen MR) is 113 cm³/mol. The number of nitrogens with two attached hydrogens (primary N) is 1. The van der Waals surface area contributed by atoms with Gasteiger partial charge in [-0.05, 0) is 38.0 Å². The van der Waals surface area contributed by atoms with E-state index in [9.17, 15) is 0 Å². The number of aryl methyl sites for hydroxylation is 1. The highest BCUT2D eigenvalue weighted by Gasteiger charge is 2.19. The molecule has 1 aliphatic heterocycles. The maximum absolute atomic E-state index is 6.15. The maximum Gasteiger partial charge on any atom is 0.129 e. The van der Waals surface area contributed by atoms with Crippen LogP contribution in [0.4, 0.5) is 5.82 Å². The summed E-state index contributed by atoms with van der Waals surface area (Å²) in [5, 5.41) is 13.0. The van der Waals surface area contributed by atoms with E-state index < -0.39 is 0 Å². The molecule has 5 heterocycles. The largest absolute Gasteiger partial charge is 0.355 e. The van der Waals surface area contributed by atoms with Crippen LogP contribution in [0.5, 0.6) is 0 Å². The lowest BCUT2D eigenvalue weighted by molar-refractivity contribution is 0.503. The number of nitrogens with zero attached hydrogens (tertiary/aromatic N) is 6. The van der Waals surface area contributed by atoms with E-state index in [-0.39, 0.29) is 6.04 Å². The van der Waals surface area contributed by atoms with Gasteiger partial charge in [0.25, 0.3) is 0 Å². The molecule has 0 radical (unpaired) electrons. The summed E-state index contributed by atoms with van der Waals surface area (Å²) >= 11 is 0. The third-order valence-corrected chi connectivity index (χ3v) is 5.46. The second-order valence-electron chi connectivity index (χ2n) is 7.50. The Balaban J connectivity index is 1.53. The van der Waals surface area contributed by atoms with Crippen molar-refractivity contribution in [2.75, 3.05) is 18.0 Å². The average Bonchev–Trinajstić information content (AvgIpc) is 3.40. The minimum atomic E-state index is 0.207. The zero-order chi connectivity index (χ0) is 19.8. The van der Waals surface area contributed by atoms with E-state index in [4.69, 9.17) is 10.7 Å². The van der Waals surface area contributed by atoms with E-state index in [0.29, 0.717) is 0 Å². The smallest absolute Gasteiger partial charge is 0.129 e. The van der Waals surface area contributed by atoms with Crippen molar-refractivity contribution >= 4 is 16.7 Å². The van der Waals surface area contributed by atoms with E-state index in [1.54, 1.807) is 0 Å². The number of anilines is 1. The Kier molecular flexibility index (Phi) is 4.48. The number of hydrogen-bond acceptors (Lipinski definition) is 6. The highest BCUT2D eigenvalue weighted by molar-refractivity contribution is 5.93. The zero-order valence-electron chi connectivity index (χ0n) is 16.4. The number of hydrogen-bond donors (Lipinski definition) is 2. The van der Waals surface area contributed by atoms with Crippen LogP contribution in [0.15, 0.2) is 42.9 Å². The third kappa shape index (κ3) is 3.36. The maximum atomic E-state index is 6.15. The molecule has 148 valence electrons. The van der Waals surface area contributed by atoms with Gasteiger partial charge in [0.1, 0.15) is 11.5 Å². The van der Waals surface area contributed by atoms with Crippen LogP contribution >= 0.6 is 0 Å². The summed E-state index contributed by atoms with van der Waals surface area (Å²) in [5.41, 5.74) is 10.6. The minimum Gasteiger partial charge on any atom is -0.355 e. The van der Waals surface area contributed by atoms with Gasteiger partial charge >= 0.3 is 0 Å². The van der Waals surface area contributed by atoms with Crippen LogP contribution < -0.4 is 10.6 Å². The van der Waals surface area contributed by atoms with Gasteiger partial charge in [-0.1, -0.05) is 6.07 Å². The van der Waals surface area contributed by atoms with Crippen LogP contribution in [-0.2, 0) is 6.54 Å². The van der Waals surface area contributed by atoms with Gasteiger partial charge in [-0.15, -0.1) is 0 Å². The molecule has 3 N–H and O–H groups in total. The van der Waals surface area contributed by atoms with Gasteiger partial charge in [0.05, 0.1) is 29.3 Å². The lowest BCUT2D eigenvalue weighted by Gasteiger charge is -2.31. The summed E-state index contributed by atoms with van der Waals surface area (Å²) in [7, 11) is 0. The molecule has 1 saturated heterocycles. The number of pyridine rings is 2. The summed E-state index contributed by atoms with van der Waals surface area (Å²) in [6.45, 7) is 4.72. The van der Waals surface area contributed by atoms with Gasteiger partial charge in [0.2, 0.25) is 0 Å². The van der Waals surface area contributed by atoms with Gasteiger partial charge in [0.15, 0.2) is 0 Å². The Labute approximate surface area is 168 Å². The number of nitrogens with one attached hydrogen (secondary N) is 1. The molecule has 0 amide bonds. The Hall–Kier alpha value is -3.26. The molecule has 0 saturated carbocycles. The highest BCUT2D eigenvalue weighted by Crippen LogP contribution is 2.29. The highest BCUT2D eigenvalue weighted by atomic mass is 15.3. The van der Waals surface area contributed by atoms with E-state index >= 15 is 0 Å². The van der Waals surface area contributed by atoms with Gasteiger partial charge in [-0.3, -0.25) is 14.8 Å². The molecule has 8 nitrogen and oxygen atoms in total. The van der Waals surface area contributed by atoms with Crippen LogP contribution in [-0.4, -0.2) is 49.1 Å². The molecule has 1 fully saturated rings. The van der Waals surface area contributed by atoms with Gasteiger partial charge in [0, 0.05) is 42.8 Å². The molecule has 29 heavy (non-hydrogen) atoms. The minimum absolute atomic E-state index is 0.207. The fraction of sp³-hybridized carbons (Fsp3) is 0.333. The summed E-state index contributed by atoms with van der Waals surface area (Å²) in [6.07, 6.45) is 7.84. The fourth-order valence-corrected chi connectivity index (χ4v) is 3.89. The van der Waals surface area contributed by atoms with Crippen molar-refractivity contribution in [2.45, 2.75) is 32.4 Å². The normalized spacial score (nSPS) is 17.2. The van der Waals surface area contributed by atoms with E-state index in [1.807, 2.05) is 41.5 Å². The van der Waals surface area contributed by atoms with Crippen molar-refractivity contribution in [3.8, 4) is 22.6 Å². The van der Waals surface area contributed by atoms with Crippen LogP contribution in [0.25, 0.3) is 33.5 Å². The number of aromatic amines is 1. The van der Waals surface area contributed by atoms with E-state index in [1.165, 1.54) is 0 Å². The van der Waals surface area contributed by atoms with Crippen LogP contribution in [0.3, 0.4) is 0 Å². The van der Waals surface area contributed by atoms with E-state index in [0.717, 1.165) is 71.8 Å². The Morgan fingerprint density at radius 2 is 2.17 bits per heavy atom. The van der Waals surface area contributed by atoms with Gasteiger partial charge < -0.3 is 10.6 Å². The van der Waals surface area contributed by atoms with Crippen molar-refractivity contribution in [2.24, 2.45) is 5.73 Å².